The third-order valence-electron chi connectivity index (χ3n) is 2.14. The monoisotopic (exact) mass is 153 g/mol. The second-order valence-corrected chi connectivity index (χ2v) is 3.24. The fourth-order valence-corrected chi connectivity index (χ4v) is 1.52. The summed E-state index contributed by atoms with van der Waals surface area (Å²) in [5.41, 5.74) is 0. The summed E-state index contributed by atoms with van der Waals surface area (Å²) in [5.74, 6) is 0.740. The number of piperidine rings is 1. The number of carbonyl (C=O) groups excluding carboxylic acids is 1. The smallest absolute Gasteiger partial charge is 0.245 e. The number of hydrogen-bond acceptors (Lipinski definition) is 1. The predicted molar refractivity (Wildman–Crippen MR) is 45.2 cm³/mol. The minimum absolute atomic E-state index is 0.0801. The molecule has 2 heteroatoms. The van der Waals surface area contributed by atoms with Gasteiger partial charge in [0.05, 0.1) is 0 Å². The van der Waals surface area contributed by atoms with Crippen LogP contribution < -0.4 is 0 Å². The number of rotatable bonds is 1. The molecule has 2 nitrogen and oxygen atoms in total. The first-order valence-electron chi connectivity index (χ1n) is 4.15. The molecule has 1 aliphatic rings. The predicted octanol–water partition coefficient (Wildman–Crippen LogP) is 1.43. The molecule has 1 atom stereocenters. The van der Waals surface area contributed by atoms with E-state index >= 15 is 0 Å². The molecule has 1 heterocycles. The Bertz CT molecular complexity index is 165. The van der Waals surface area contributed by atoms with Crippen LogP contribution in [0.25, 0.3) is 0 Å². The molecule has 1 saturated heterocycles. The lowest BCUT2D eigenvalue weighted by molar-refractivity contribution is -0.127. The summed E-state index contributed by atoms with van der Waals surface area (Å²) >= 11 is 0. The second-order valence-electron chi connectivity index (χ2n) is 3.24. The molecule has 0 radical (unpaired) electrons. The molecule has 0 N–H and O–H groups in total. The van der Waals surface area contributed by atoms with Gasteiger partial charge in [-0.15, -0.1) is 0 Å². The van der Waals surface area contributed by atoms with Crippen molar-refractivity contribution >= 4 is 5.91 Å². The van der Waals surface area contributed by atoms with Crippen LogP contribution in [0.5, 0.6) is 0 Å². The maximum absolute atomic E-state index is 11.1. The lowest BCUT2D eigenvalue weighted by atomic mass is 10.0. The first-order chi connectivity index (χ1) is 5.24. The van der Waals surface area contributed by atoms with Gasteiger partial charge in [-0.3, -0.25) is 4.79 Å². The highest BCUT2D eigenvalue weighted by atomic mass is 16.2. The molecule has 0 aromatic carbocycles. The summed E-state index contributed by atoms with van der Waals surface area (Å²) < 4.78 is 0. The van der Waals surface area contributed by atoms with Crippen LogP contribution in [0.1, 0.15) is 19.8 Å². The summed E-state index contributed by atoms with van der Waals surface area (Å²) in [4.78, 5) is 13.0. The Balaban J connectivity index is 2.45. The van der Waals surface area contributed by atoms with E-state index in [-0.39, 0.29) is 5.91 Å². The second kappa shape index (κ2) is 3.56. The molecule has 0 aliphatic carbocycles. The van der Waals surface area contributed by atoms with E-state index in [1.807, 2.05) is 4.90 Å². The van der Waals surface area contributed by atoms with Crippen molar-refractivity contribution in [3.05, 3.63) is 12.7 Å². The Kier molecular flexibility index (Phi) is 2.69. The van der Waals surface area contributed by atoms with E-state index in [0.29, 0.717) is 5.92 Å². The van der Waals surface area contributed by atoms with E-state index in [0.717, 1.165) is 19.5 Å². The van der Waals surface area contributed by atoms with Gasteiger partial charge in [0.25, 0.3) is 0 Å². The Morgan fingerprint density at radius 2 is 2.45 bits per heavy atom. The molecular formula is C9H15NO. The molecule has 0 bridgehead atoms. The molecule has 0 aromatic rings. The molecule has 1 unspecified atom stereocenters. The van der Waals surface area contributed by atoms with Crippen LogP contribution in [0, 0.1) is 5.92 Å². The SMILES string of the molecule is C=CC(=O)N1CCCC(C)C1. The van der Waals surface area contributed by atoms with Crippen molar-refractivity contribution in [2.24, 2.45) is 5.92 Å². The summed E-state index contributed by atoms with van der Waals surface area (Å²) in [5, 5.41) is 0. The molecule has 0 saturated carbocycles. The van der Waals surface area contributed by atoms with Gasteiger partial charge in [0.2, 0.25) is 5.91 Å². The van der Waals surface area contributed by atoms with Crippen LogP contribution in [0.2, 0.25) is 0 Å². The molecule has 1 rings (SSSR count). The van der Waals surface area contributed by atoms with E-state index < -0.39 is 0 Å². The fraction of sp³-hybridized carbons (Fsp3) is 0.667. The average molecular weight is 153 g/mol. The molecule has 1 fully saturated rings. The van der Waals surface area contributed by atoms with Gasteiger partial charge in [-0.25, -0.2) is 0 Å². The zero-order valence-corrected chi connectivity index (χ0v) is 7.05. The van der Waals surface area contributed by atoms with E-state index in [2.05, 4.69) is 13.5 Å². The molecule has 11 heavy (non-hydrogen) atoms. The van der Waals surface area contributed by atoms with Crippen LogP contribution >= 0.6 is 0 Å². The van der Waals surface area contributed by atoms with Crippen molar-refractivity contribution < 1.29 is 4.79 Å². The number of hydrogen-bond donors (Lipinski definition) is 0. The normalized spacial score (nSPS) is 24.8. The molecule has 0 aromatic heterocycles. The minimum atomic E-state index is 0.0801. The summed E-state index contributed by atoms with van der Waals surface area (Å²) in [6.07, 6.45) is 3.79. The Morgan fingerprint density at radius 3 is 3.00 bits per heavy atom. The third-order valence-corrected chi connectivity index (χ3v) is 2.14. The van der Waals surface area contributed by atoms with E-state index in [4.69, 9.17) is 0 Å². The van der Waals surface area contributed by atoms with Gasteiger partial charge < -0.3 is 4.90 Å². The van der Waals surface area contributed by atoms with Crippen molar-refractivity contribution in [1.29, 1.82) is 0 Å². The van der Waals surface area contributed by atoms with Gasteiger partial charge in [-0.2, -0.15) is 0 Å². The van der Waals surface area contributed by atoms with Gasteiger partial charge >= 0.3 is 0 Å². The van der Waals surface area contributed by atoms with Crippen LogP contribution in [-0.4, -0.2) is 23.9 Å². The van der Waals surface area contributed by atoms with Crippen LogP contribution in [-0.2, 0) is 4.79 Å². The van der Waals surface area contributed by atoms with Crippen molar-refractivity contribution in [3.63, 3.8) is 0 Å². The zero-order valence-electron chi connectivity index (χ0n) is 7.05. The standard InChI is InChI=1S/C9H15NO/c1-3-9(11)10-6-4-5-8(2)7-10/h3,8H,1,4-7H2,2H3. The molecule has 62 valence electrons. The number of likely N-dealkylation sites (tertiary alicyclic amines) is 1. The maximum Gasteiger partial charge on any atom is 0.245 e. The molecular weight excluding hydrogens is 138 g/mol. The average Bonchev–Trinajstić information content (AvgIpc) is 2.03. The van der Waals surface area contributed by atoms with Crippen molar-refractivity contribution in [3.8, 4) is 0 Å². The number of nitrogens with zero attached hydrogens (tertiary/aromatic N) is 1. The highest BCUT2D eigenvalue weighted by molar-refractivity contribution is 5.87. The van der Waals surface area contributed by atoms with Crippen molar-refractivity contribution in [2.75, 3.05) is 13.1 Å². The quantitative estimate of drug-likeness (QED) is 0.522. The summed E-state index contributed by atoms with van der Waals surface area (Å²) in [6.45, 7) is 7.47. The molecule has 1 aliphatic heterocycles. The highest BCUT2D eigenvalue weighted by Crippen LogP contribution is 2.15. The third kappa shape index (κ3) is 2.07. The van der Waals surface area contributed by atoms with E-state index in [1.54, 1.807) is 0 Å². The molecule has 0 spiro atoms. The first-order valence-corrected chi connectivity index (χ1v) is 4.15. The highest BCUT2D eigenvalue weighted by Gasteiger charge is 2.18. The van der Waals surface area contributed by atoms with Crippen molar-refractivity contribution in [1.82, 2.24) is 4.90 Å². The van der Waals surface area contributed by atoms with E-state index in [9.17, 15) is 4.79 Å². The van der Waals surface area contributed by atoms with Gasteiger partial charge in [0.15, 0.2) is 0 Å². The lowest BCUT2D eigenvalue weighted by Gasteiger charge is -2.29. The summed E-state index contributed by atoms with van der Waals surface area (Å²) in [7, 11) is 0. The van der Waals surface area contributed by atoms with Gasteiger partial charge in [0, 0.05) is 13.1 Å². The minimum Gasteiger partial charge on any atom is -0.339 e. The largest absolute Gasteiger partial charge is 0.339 e. The van der Waals surface area contributed by atoms with Crippen LogP contribution in [0.4, 0.5) is 0 Å². The van der Waals surface area contributed by atoms with E-state index in [1.165, 1.54) is 12.5 Å². The maximum atomic E-state index is 11.1. The van der Waals surface area contributed by atoms with Gasteiger partial charge in [0.1, 0.15) is 0 Å². The molecule has 1 amide bonds. The topological polar surface area (TPSA) is 20.3 Å². The fourth-order valence-electron chi connectivity index (χ4n) is 1.52. The first kappa shape index (κ1) is 8.31. The Labute approximate surface area is 67.9 Å². The Hall–Kier alpha value is -0.790. The van der Waals surface area contributed by atoms with Crippen molar-refractivity contribution in [2.45, 2.75) is 19.8 Å². The number of carbonyl (C=O) groups is 1. The number of amides is 1. The lowest BCUT2D eigenvalue weighted by Crippen LogP contribution is -2.37. The van der Waals surface area contributed by atoms with Gasteiger partial charge in [-0.1, -0.05) is 13.5 Å². The van der Waals surface area contributed by atoms with Crippen LogP contribution in [0.15, 0.2) is 12.7 Å². The summed E-state index contributed by atoms with van der Waals surface area (Å²) in [6, 6.07) is 0. The van der Waals surface area contributed by atoms with Gasteiger partial charge in [-0.05, 0) is 24.8 Å². The van der Waals surface area contributed by atoms with Crippen LogP contribution in [0.3, 0.4) is 0 Å². The zero-order chi connectivity index (χ0) is 8.27. The Morgan fingerprint density at radius 1 is 1.73 bits per heavy atom.